The van der Waals surface area contributed by atoms with Crippen LogP contribution >= 0.6 is 0 Å². The third-order valence-corrected chi connectivity index (χ3v) is 6.73. The molecule has 4 nitrogen and oxygen atoms in total. The third-order valence-electron chi connectivity index (χ3n) is 6.73. The molecule has 5 heteroatoms. The summed E-state index contributed by atoms with van der Waals surface area (Å²) in [4.78, 5) is 19.0. The molecule has 1 saturated heterocycles. The molecule has 2 heterocycles. The standard InChI is InChI=1S/C21H21FN2O2/c22-17-9-14(1-2-18(17)25)15-5-8-24(19(26)10-15)21-11-20(12-21,13-21)16-3-6-23-7-4-16/h1-4,6-7,9,15,25H,5,8,10-13H2. The summed E-state index contributed by atoms with van der Waals surface area (Å²) in [6.45, 7) is 0.735. The van der Waals surface area contributed by atoms with Crippen LogP contribution in [0.5, 0.6) is 5.75 Å². The molecule has 3 saturated carbocycles. The highest BCUT2D eigenvalue weighted by atomic mass is 19.1. The Morgan fingerprint density at radius 1 is 1.15 bits per heavy atom. The summed E-state index contributed by atoms with van der Waals surface area (Å²) < 4.78 is 13.6. The van der Waals surface area contributed by atoms with E-state index in [1.165, 1.54) is 17.7 Å². The predicted molar refractivity (Wildman–Crippen MR) is 94.2 cm³/mol. The van der Waals surface area contributed by atoms with Gasteiger partial charge in [-0.05, 0) is 67.0 Å². The second-order valence-corrected chi connectivity index (χ2v) is 8.22. The Bertz CT molecular complexity index is 863. The van der Waals surface area contributed by atoms with E-state index < -0.39 is 5.82 Å². The van der Waals surface area contributed by atoms with Crippen molar-refractivity contribution in [2.24, 2.45) is 0 Å². The fourth-order valence-corrected chi connectivity index (χ4v) is 5.43. The number of pyridine rings is 1. The van der Waals surface area contributed by atoms with E-state index in [-0.39, 0.29) is 28.5 Å². The van der Waals surface area contributed by atoms with E-state index in [1.807, 2.05) is 12.4 Å². The number of phenols is 1. The van der Waals surface area contributed by atoms with E-state index in [4.69, 9.17) is 0 Å². The smallest absolute Gasteiger partial charge is 0.223 e. The molecule has 134 valence electrons. The van der Waals surface area contributed by atoms with Crippen LogP contribution in [0.3, 0.4) is 0 Å². The first-order valence-corrected chi connectivity index (χ1v) is 9.21. The van der Waals surface area contributed by atoms with E-state index in [9.17, 15) is 14.3 Å². The molecule has 4 aliphatic rings. The number of carbonyl (C=O) groups is 1. The first-order valence-electron chi connectivity index (χ1n) is 9.21. The summed E-state index contributed by atoms with van der Waals surface area (Å²) in [5.41, 5.74) is 2.45. The van der Waals surface area contributed by atoms with Crippen molar-refractivity contribution in [3.8, 4) is 5.75 Å². The van der Waals surface area contributed by atoms with Gasteiger partial charge in [-0.25, -0.2) is 4.39 Å². The van der Waals surface area contributed by atoms with Crippen LogP contribution in [0.4, 0.5) is 4.39 Å². The fourth-order valence-electron chi connectivity index (χ4n) is 5.43. The average molecular weight is 352 g/mol. The van der Waals surface area contributed by atoms with Crippen LogP contribution < -0.4 is 0 Å². The number of amides is 1. The summed E-state index contributed by atoms with van der Waals surface area (Å²) in [6, 6.07) is 8.65. The van der Waals surface area contributed by atoms with Gasteiger partial charge in [-0.15, -0.1) is 0 Å². The topological polar surface area (TPSA) is 53.4 Å². The molecule has 1 unspecified atom stereocenters. The van der Waals surface area contributed by atoms with Gasteiger partial charge < -0.3 is 10.0 Å². The zero-order chi connectivity index (χ0) is 17.9. The molecule has 6 rings (SSSR count). The number of aromatic hydroxyl groups is 1. The lowest BCUT2D eigenvalue weighted by Gasteiger charge is -2.74. The molecule has 1 aromatic heterocycles. The molecule has 4 fully saturated rings. The minimum atomic E-state index is -0.615. The Morgan fingerprint density at radius 3 is 2.54 bits per heavy atom. The molecule has 3 aliphatic carbocycles. The highest BCUT2D eigenvalue weighted by Gasteiger charge is 2.71. The fraction of sp³-hybridized carbons (Fsp3) is 0.429. The highest BCUT2D eigenvalue weighted by Crippen LogP contribution is 2.70. The minimum Gasteiger partial charge on any atom is -0.505 e. The number of halogens is 1. The van der Waals surface area contributed by atoms with Crippen molar-refractivity contribution < 1.29 is 14.3 Å². The van der Waals surface area contributed by atoms with Crippen LogP contribution in [0.15, 0.2) is 42.7 Å². The molecule has 2 bridgehead atoms. The molecule has 0 radical (unpaired) electrons. The maximum absolute atomic E-state index is 13.6. The van der Waals surface area contributed by atoms with Crippen molar-refractivity contribution in [3.63, 3.8) is 0 Å². The van der Waals surface area contributed by atoms with Gasteiger partial charge in [-0.1, -0.05) is 6.07 Å². The molecular weight excluding hydrogens is 331 g/mol. The lowest BCUT2D eigenvalue weighted by atomic mass is 9.37. The zero-order valence-corrected chi connectivity index (χ0v) is 14.5. The van der Waals surface area contributed by atoms with Crippen LogP contribution in [-0.2, 0) is 10.2 Å². The number of piperidine rings is 1. The van der Waals surface area contributed by atoms with Crippen LogP contribution in [0, 0.1) is 5.82 Å². The van der Waals surface area contributed by atoms with Crippen LogP contribution in [0.25, 0.3) is 0 Å². The second-order valence-electron chi connectivity index (χ2n) is 8.22. The maximum atomic E-state index is 13.6. The van der Waals surface area contributed by atoms with Gasteiger partial charge in [-0.3, -0.25) is 9.78 Å². The summed E-state index contributed by atoms with van der Waals surface area (Å²) >= 11 is 0. The lowest BCUT2D eigenvalue weighted by Crippen LogP contribution is -2.78. The average Bonchev–Trinajstić information content (AvgIpc) is 2.57. The molecule has 1 aliphatic heterocycles. The Hall–Kier alpha value is -2.43. The predicted octanol–water partition coefficient (Wildman–Crippen LogP) is 3.51. The molecular formula is C21H21FN2O2. The molecule has 1 aromatic carbocycles. The summed E-state index contributed by atoms with van der Waals surface area (Å²) in [7, 11) is 0. The number of carbonyl (C=O) groups excluding carboxylic acids is 1. The lowest BCUT2D eigenvalue weighted by molar-refractivity contribution is -0.189. The summed E-state index contributed by atoms with van der Waals surface area (Å²) in [5.74, 6) is -0.739. The number of phenolic OH excluding ortho intramolecular Hbond substituents is 1. The first-order chi connectivity index (χ1) is 12.5. The van der Waals surface area contributed by atoms with Crippen molar-refractivity contribution in [1.82, 2.24) is 9.88 Å². The normalized spacial score (nSPS) is 32.7. The molecule has 0 spiro atoms. The van der Waals surface area contributed by atoms with Crippen molar-refractivity contribution in [2.45, 2.75) is 49.0 Å². The first kappa shape index (κ1) is 15.8. The van der Waals surface area contributed by atoms with Gasteiger partial charge in [-0.2, -0.15) is 0 Å². The quantitative estimate of drug-likeness (QED) is 0.920. The van der Waals surface area contributed by atoms with Gasteiger partial charge >= 0.3 is 0 Å². The van der Waals surface area contributed by atoms with Crippen LogP contribution in [0.1, 0.15) is 49.1 Å². The number of nitrogens with zero attached hydrogens (tertiary/aromatic N) is 2. The van der Waals surface area contributed by atoms with Gasteiger partial charge in [0, 0.05) is 36.3 Å². The number of aromatic nitrogens is 1. The van der Waals surface area contributed by atoms with E-state index >= 15 is 0 Å². The van der Waals surface area contributed by atoms with Gasteiger partial charge in [0.1, 0.15) is 0 Å². The highest BCUT2D eigenvalue weighted by molar-refractivity contribution is 5.80. The Morgan fingerprint density at radius 2 is 1.88 bits per heavy atom. The Balaban J connectivity index is 1.27. The van der Waals surface area contributed by atoms with Crippen molar-refractivity contribution in [3.05, 3.63) is 59.7 Å². The van der Waals surface area contributed by atoms with E-state index in [0.717, 1.165) is 37.8 Å². The zero-order valence-electron chi connectivity index (χ0n) is 14.5. The van der Waals surface area contributed by atoms with Gasteiger partial charge in [0.25, 0.3) is 0 Å². The number of likely N-dealkylation sites (tertiary alicyclic amines) is 1. The Labute approximate surface area is 151 Å². The van der Waals surface area contributed by atoms with E-state index in [2.05, 4.69) is 22.0 Å². The molecule has 26 heavy (non-hydrogen) atoms. The molecule has 2 aromatic rings. The summed E-state index contributed by atoms with van der Waals surface area (Å²) in [5, 5.41) is 9.35. The maximum Gasteiger partial charge on any atom is 0.223 e. The number of hydrogen-bond acceptors (Lipinski definition) is 3. The number of benzene rings is 1. The van der Waals surface area contributed by atoms with E-state index in [1.54, 1.807) is 6.07 Å². The SMILES string of the molecule is O=C1CC(c2ccc(O)c(F)c2)CCN1C12CC(c3ccncc3)(C1)C2. The van der Waals surface area contributed by atoms with Crippen LogP contribution in [-0.4, -0.2) is 33.0 Å². The molecule has 1 N–H and O–H groups in total. The largest absolute Gasteiger partial charge is 0.505 e. The second kappa shape index (κ2) is 5.29. The Kier molecular flexibility index (Phi) is 3.21. The third kappa shape index (κ3) is 2.12. The van der Waals surface area contributed by atoms with Crippen LogP contribution in [0.2, 0.25) is 0 Å². The number of hydrogen-bond donors (Lipinski definition) is 1. The molecule has 1 amide bonds. The molecule has 1 atom stereocenters. The van der Waals surface area contributed by atoms with Gasteiger partial charge in [0.05, 0.1) is 0 Å². The van der Waals surface area contributed by atoms with Crippen molar-refractivity contribution in [2.75, 3.05) is 6.54 Å². The summed E-state index contributed by atoms with van der Waals surface area (Å²) in [6.07, 6.45) is 8.11. The van der Waals surface area contributed by atoms with E-state index in [0.29, 0.717) is 6.42 Å². The minimum absolute atomic E-state index is 0.0374. The number of rotatable bonds is 3. The van der Waals surface area contributed by atoms with Crippen molar-refractivity contribution in [1.29, 1.82) is 0 Å². The monoisotopic (exact) mass is 352 g/mol. The van der Waals surface area contributed by atoms with Gasteiger partial charge in [0.2, 0.25) is 5.91 Å². The van der Waals surface area contributed by atoms with Gasteiger partial charge in [0.15, 0.2) is 11.6 Å². The van der Waals surface area contributed by atoms with Crippen molar-refractivity contribution >= 4 is 5.91 Å².